The van der Waals surface area contributed by atoms with Crippen LogP contribution in [0.4, 0.5) is 5.69 Å². The number of halogens is 2. The maximum Gasteiger partial charge on any atom is 0.305 e. The van der Waals surface area contributed by atoms with Crippen molar-refractivity contribution < 1.29 is 19.4 Å². The van der Waals surface area contributed by atoms with Gasteiger partial charge in [-0.1, -0.05) is 104 Å². The Morgan fingerprint density at radius 3 is 2.29 bits per heavy atom. The first kappa shape index (κ1) is 30.0. The summed E-state index contributed by atoms with van der Waals surface area (Å²) in [6.45, 7) is 4.79. The van der Waals surface area contributed by atoms with Crippen LogP contribution in [-0.4, -0.2) is 23.5 Å². The van der Waals surface area contributed by atoms with E-state index in [0.29, 0.717) is 39.5 Å². The highest BCUT2D eigenvalue weighted by Gasteiger charge is 2.23. The molecule has 8 heteroatoms. The zero-order valence-electron chi connectivity index (χ0n) is 22.9. The predicted octanol–water partition coefficient (Wildman–Crippen LogP) is 8.86. The summed E-state index contributed by atoms with van der Waals surface area (Å²) in [5.41, 5.74) is 3.14. The highest BCUT2D eigenvalue weighted by molar-refractivity contribution is 6.37. The number of anilines is 1. The van der Waals surface area contributed by atoms with Crippen molar-refractivity contribution in [1.29, 1.82) is 0 Å². The molecule has 0 aromatic heterocycles. The Hall–Kier alpha value is -4.00. The minimum atomic E-state index is -1.04. The number of ether oxygens (including phenoxy) is 1. The van der Waals surface area contributed by atoms with Gasteiger partial charge in [0.05, 0.1) is 28.7 Å². The molecule has 212 valence electrons. The first-order valence-corrected chi connectivity index (χ1v) is 14.2. The number of rotatable bonds is 12. The van der Waals surface area contributed by atoms with E-state index in [1.807, 2.05) is 78.9 Å². The lowest BCUT2D eigenvalue weighted by Crippen LogP contribution is -2.31. The van der Waals surface area contributed by atoms with E-state index < -0.39 is 17.9 Å². The summed E-state index contributed by atoms with van der Waals surface area (Å²) in [6.07, 6.45) is 0.655. The normalized spacial score (nSPS) is 12.3. The molecule has 0 spiro atoms. The van der Waals surface area contributed by atoms with Crippen LogP contribution in [0.3, 0.4) is 0 Å². The van der Waals surface area contributed by atoms with Crippen LogP contribution in [0.5, 0.6) is 11.5 Å². The number of benzene rings is 4. The number of carbonyl (C=O) groups excluding carboxylic acids is 1. The molecule has 1 amide bonds. The van der Waals surface area contributed by atoms with E-state index in [4.69, 9.17) is 27.9 Å². The molecule has 4 rings (SSSR count). The Morgan fingerprint density at radius 1 is 0.927 bits per heavy atom. The number of carboxylic acids is 1. The molecule has 0 aliphatic carbocycles. The van der Waals surface area contributed by atoms with E-state index in [2.05, 4.69) is 24.5 Å². The average Bonchev–Trinajstić information content (AvgIpc) is 2.96. The molecule has 0 radical (unpaired) electrons. The summed E-state index contributed by atoms with van der Waals surface area (Å²) in [6, 6.07) is 26.9. The molecule has 0 aliphatic rings. The van der Waals surface area contributed by atoms with Crippen LogP contribution < -0.4 is 15.4 Å². The van der Waals surface area contributed by atoms with E-state index in [0.717, 1.165) is 23.3 Å². The van der Waals surface area contributed by atoms with E-state index in [-0.39, 0.29) is 12.0 Å². The SMILES string of the molecule is CCC(C)CNc1c(Cl)cc(Cl)cc1C(=O)NC(CC(=O)O)c1ccc(-c2ccccc2Oc2ccccc2)cc1. The van der Waals surface area contributed by atoms with Gasteiger partial charge in [0.2, 0.25) is 0 Å². The quantitative estimate of drug-likeness (QED) is 0.153. The minimum absolute atomic E-state index is 0.254. The maximum absolute atomic E-state index is 13.5. The number of carbonyl (C=O) groups is 2. The zero-order chi connectivity index (χ0) is 29.4. The summed E-state index contributed by atoms with van der Waals surface area (Å²) in [5, 5.41) is 16.4. The second kappa shape index (κ2) is 14.1. The third-order valence-corrected chi connectivity index (χ3v) is 7.31. The van der Waals surface area contributed by atoms with Crippen molar-refractivity contribution in [2.75, 3.05) is 11.9 Å². The molecule has 0 fully saturated rings. The van der Waals surface area contributed by atoms with Crippen molar-refractivity contribution in [3.8, 4) is 22.6 Å². The highest BCUT2D eigenvalue weighted by Crippen LogP contribution is 2.35. The molecule has 0 aliphatic heterocycles. The van der Waals surface area contributed by atoms with Gasteiger partial charge >= 0.3 is 5.97 Å². The third kappa shape index (κ3) is 8.03. The average molecular weight is 592 g/mol. The van der Waals surface area contributed by atoms with Crippen molar-refractivity contribution in [3.05, 3.63) is 112 Å². The van der Waals surface area contributed by atoms with Gasteiger partial charge in [-0.15, -0.1) is 0 Å². The fraction of sp³-hybridized carbons (Fsp3) is 0.212. The first-order valence-electron chi connectivity index (χ1n) is 13.4. The Labute approximate surface area is 250 Å². The van der Waals surface area contributed by atoms with Gasteiger partial charge in [0.1, 0.15) is 11.5 Å². The lowest BCUT2D eigenvalue weighted by Gasteiger charge is -2.21. The van der Waals surface area contributed by atoms with E-state index in [1.165, 1.54) is 6.07 Å². The minimum Gasteiger partial charge on any atom is -0.481 e. The van der Waals surface area contributed by atoms with Crippen molar-refractivity contribution in [1.82, 2.24) is 5.32 Å². The largest absolute Gasteiger partial charge is 0.481 e. The maximum atomic E-state index is 13.5. The lowest BCUT2D eigenvalue weighted by molar-refractivity contribution is -0.137. The fourth-order valence-electron chi connectivity index (χ4n) is 4.32. The molecule has 4 aromatic carbocycles. The van der Waals surface area contributed by atoms with Crippen LogP contribution in [-0.2, 0) is 4.79 Å². The second-order valence-corrected chi connectivity index (χ2v) is 10.7. The molecule has 0 bridgehead atoms. The smallest absolute Gasteiger partial charge is 0.305 e. The van der Waals surface area contributed by atoms with Crippen LogP contribution in [0.1, 0.15) is 48.7 Å². The molecular weight excluding hydrogens is 559 g/mol. The molecule has 2 unspecified atom stereocenters. The van der Waals surface area contributed by atoms with Crippen molar-refractivity contribution in [2.45, 2.75) is 32.7 Å². The van der Waals surface area contributed by atoms with Crippen LogP contribution in [0, 0.1) is 5.92 Å². The lowest BCUT2D eigenvalue weighted by atomic mass is 9.98. The molecule has 2 atom stereocenters. The van der Waals surface area contributed by atoms with Gasteiger partial charge in [-0.3, -0.25) is 9.59 Å². The zero-order valence-corrected chi connectivity index (χ0v) is 24.4. The number of nitrogens with one attached hydrogen (secondary N) is 2. The number of hydrogen-bond donors (Lipinski definition) is 3. The van der Waals surface area contributed by atoms with Gasteiger partial charge in [-0.2, -0.15) is 0 Å². The predicted molar refractivity (Wildman–Crippen MR) is 165 cm³/mol. The van der Waals surface area contributed by atoms with Gasteiger partial charge in [0.15, 0.2) is 0 Å². The van der Waals surface area contributed by atoms with E-state index in [9.17, 15) is 14.7 Å². The van der Waals surface area contributed by atoms with Crippen molar-refractivity contribution in [3.63, 3.8) is 0 Å². The van der Waals surface area contributed by atoms with E-state index in [1.54, 1.807) is 6.07 Å². The monoisotopic (exact) mass is 590 g/mol. The van der Waals surface area contributed by atoms with Gasteiger partial charge < -0.3 is 20.5 Å². The first-order chi connectivity index (χ1) is 19.7. The Kier molecular flexibility index (Phi) is 10.3. The Bertz CT molecular complexity index is 1490. The number of para-hydroxylation sites is 2. The molecule has 4 aromatic rings. The number of carboxylic acid groups (broad SMARTS) is 1. The Balaban J connectivity index is 1.59. The van der Waals surface area contributed by atoms with Crippen LogP contribution in [0.2, 0.25) is 10.0 Å². The number of amides is 1. The summed E-state index contributed by atoms with van der Waals surface area (Å²) in [5.74, 6) is 0.259. The topological polar surface area (TPSA) is 87.7 Å². The molecule has 41 heavy (non-hydrogen) atoms. The number of aliphatic carboxylic acids is 1. The van der Waals surface area contributed by atoms with E-state index >= 15 is 0 Å². The van der Waals surface area contributed by atoms with Gasteiger partial charge in [0, 0.05) is 17.1 Å². The fourth-order valence-corrected chi connectivity index (χ4v) is 4.88. The molecule has 0 heterocycles. The van der Waals surface area contributed by atoms with Gasteiger partial charge in [-0.25, -0.2) is 0 Å². The molecule has 0 saturated carbocycles. The molecule has 3 N–H and O–H groups in total. The molecule has 6 nitrogen and oxygen atoms in total. The Morgan fingerprint density at radius 2 is 1.61 bits per heavy atom. The summed E-state index contributed by atoms with van der Waals surface area (Å²) in [7, 11) is 0. The second-order valence-electron chi connectivity index (χ2n) is 9.86. The third-order valence-electron chi connectivity index (χ3n) is 6.79. The summed E-state index contributed by atoms with van der Waals surface area (Å²) < 4.78 is 6.11. The summed E-state index contributed by atoms with van der Waals surface area (Å²) in [4.78, 5) is 25.2. The van der Waals surface area contributed by atoms with Crippen molar-refractivity contribution in [2.24, 2.45) is 5.92 Å². The van der Waals surface area contributed by atoms with Crippen molar-refractivity contribution >= 4 is 40.8 Å². The number of hydrogen-bond acceptors (Lipinski definition) is 4. The molecule has 0 saturated heterocycles. The van der Waals surface area contributed by atoms with Gasteiger partial charge in [0.25, 0.3) is 5.91 Å². The van der Waals surface area contributed by atoms with Crippen LogP contribution in [0.25, 0.3) is 11.1 Å². The van der Waals surface area contributed by atoms with Gasteiger partial charge in [-0.05, 0) is 47.4 Å². The van der Waals surface area contributed by atoms with Crippen LogP contribution in [0.15, 0.2) is 91.0 Å². The summed E-state index contributed by atoms with van der Waals surface area (Å²) >= 11 is 12.7. The molecular formula is C33H32Cl2N2O4. The van der Waals surface area contributed by atoms with Crippen LogP contribution >= 0.6 is 23.2 Å². The standard InChI is InChI=1S/C33H32Cl2N2O4/c1-3-21(2)20-36-32-27(17-24(34)18-28(32)35)33(40)37-29(19-31(38)39)23-15-13-22(14-16-23)26-11-7-8-12-30(26)41-25-9-5-4-6-10-25/h4-18,21,29,36H,3,19-20H2,1-2H3,(H,37,40)(H,38,39). The highest BCUT2D eigenvalue weighted by atomic mass is 35.5.